The maximum absolute atomic E-state index is 12.0. The number of rotatable bonds is 6. The molecule has 1 N–H and O–H groups in total. The second kappa shape index (κ2) is 9.39. The Morgan fingerprint density at radius 3 is 2.30 bits per heavy atom. The molecule has 7 heteroatoms. The average Bonchev–Trinajstić information content (AvgIpc) is 2.90. The van der Waals surface area contributed by atoms with E-state index in [4.69, 9.17) is 4.74 Å². The van der Waals surface area contributed by atoms with Crippen molar-refractivity contribution in [3.05, 3.63) is 24.3 Å². The number of carbonyl (C=O) groups is 3. The Morgan fingerprint density at radius 2 is 1.67 bits per heavy atom. The Kier molecular flexibility index (Phi) is 6.68. The number of anilines is 2. The van der Waals surface area contributed by atoms with E-state index in [0.29, 0.717) is 18.7 Å². The fraction of sp³-hybridized carbons (Fsp3) is 0.550. The molecule has 0 atom stereocenters. The van der Waals surface area contributed by atoms with Crippen molar-refractivity contribution in [2.75, 3.05) is 43.0 Å². The van der Waals surface area contributed by atoms with Crippen molar-refractivity contribution in [2.45, 2.75) is 38.5 Å². The number of nitrogens with one attached hydrogen (secondary N) is 1. The van der Waals surface area contributed by atoms with Gasteiger partial charge in [-0.1, -0.05) is 12.8 Å². The number of hydrogen-bond donors (Lipinski definition) is 1. The fourth-order valence-corrected chi connectivity index (χ4v) is 3.50. The van der Waals surface area contributed by atoms with Crippen LogP contribution in [0.25, 0.3) is 0 Å². The summed E-state index contributed by atoms with van der Waals surface area (Å²) >= 11 is 0. The lowest BCUT2D eigenvalue weighted by atomic mass is 10.2. The number of esters is 1. The van der Waals surface area contributed by atoms with Gasteiger partial charge in [-0.05, 0) is 43.5 Å². The van der Waals surface area contributed by atoms with Crippen LogP contribution in [0.2, 0.25) is 0 Å². The van der Waals surface area contributed by atoms with E-state index < -0.39 is 11.9 Å². The molecule has 0 saturated carbocycles. The molecule has 2 amide bonds. The summed E-state index contributed by atoms with van der Waals surface area (Å²) in [5, 5.41) is 2.73. The minimum Gasteiger partial charge on any atom is -0.454 e. The average molecular weight is 373 g/mol. The lowest BCUT2D eigenvalue weighted by Gasteiger charge is -2.22. The number of likely N-dealkylation sites (tertiary alicyclic amines) is 1. The van der Waals surface area contributed by atoms with Crippen molar-refractivity contribution in [2.24, 2.45) is 0 Å². The third kappa shape index (κ3) is 5.70. The van der Waals surface area contributed by atoms with E-state index in [1.165, 1.54) is 30.6 Å². The van der Waals surface area contributed by atoms with Gasteiger partial charge in [0, 0.05) is 37.4 Å². The van der Waals surface area contributed by atoms with E-state index >= 15 is 0 Å². The summed E-state index contributed by atoms with van der Waals surface area (Å²) in [6.45, 7) is 2.28. The Labute approximate surface area is 159 Å². The zero-order valence-electron chi connectivity index (χ0n) is 15.6. The van der Waals surface area contributed by atoms with Gasteiger partial charge in [0.2, 0.25) is 5.91 Å². The van der Waals surface area contributed by atoms with Gasteiger partial charge in [-0.25, -0.2) is 0 Å². The topological polar surface area (TPSA) is 79.0 Å². The second-order valence-corrected chi connectivity index (χ2v) is 7.08. The van der Waals surface area contributed by atoms with E-state index in [-0.39, 0.29) is 19.1 Å². The van der Waals surface area contributed by atoms with Crippen LogP contribution in [0.1, 0.15) is 38.5 Å². The highest BCUT2D eigenvalue weighted by molar-refractivity contribution is 5.93. The van der Waals surface area contributed by atoms with Crippen LogP contribution < -0.4 is 10.2 Å². The third-order valence-corrected chi connectivity index (χ3v) is 4.98. The first-order valence-electron chi connectivity index (χ1n) is 9.70. The summed E-state index contributed by atoms with van der Waals surface area (Å²) in [5.74, 6) is -0.989. The Hall–Kier alpha value is -2.57. The van der Waals surface area contributed by atoms with Crippen LogP contribution in [0.3, 0.4) is 0 Å². The second-order valence-electron chi connectivity index (χ2n) is 7.08. The fourth-order valence-electron chi connectivity index (χ4n) is 3.50. The van der Waals surface area contributed by atoms with Gasteiger partial charge in [0.25, 0.3) is 5.91 Å². The van der Waals surface area contributed by atoms with Gasteiger partial charge in [-0.3, -0.25) is 14.4 Å². The molecule has 2 aliphatic heterocycles. The van der Waals surface area contributed by atoms with Crippen molar-refractivity contribution >= 4 is 29.2 Å². The molecular formula is C20H27N3O4. The molecular weight excluding hydrogens is 346 g/mol. The summed E-state index contributed by atoms with van der Waals surface area (Å²) in [5.41, 5.74) is 1.83. The molecule has 146 valence electrons. The number of amides is 2. The molecule has 0 radical (unpaired) electrons. The van der Waals surface area contributed by atoms with Gasteiger partial charge in [0.15, 0.2) is 6.61 Å². The van der Waals surface area contributed by atoms with Crippen LogP contribution in [0.15, 0.2) is 24.3 Å². The van der Waals surface area contributed by atoms with Gasteiger partial charge in [0.1, 0.15) is 6.54 Å². The van der Waals surface area contributed by atoms with Crippen molar-refractivity contribution in [3.8, 4) is 0 Å². The van der Waals surface area contributed by atoms with E-state index in [1.54, 1.807) is 0 Å². The van der Waals surface area contributed by atoms with Gasteiger partial charge in [0.05, 0.1) is 0 Å². The first-order valence-corrected chi connectivity index (χ1v) is 9.70. The molecule has 7 nitrogen and oxygen atoms in total. The standard InChI is InChI=1S/C20H27N3O4/c24-18(15-27-20(26)14-23-13-5-6-19(23)25)21-16-7-9-17(10-8-16)22-11-3-1-2-4-12-22/h7-10H,1-6,11-15H2,(H,21,24). The zero-order chi connectivity index (χ0) is 19.1. The van der Waals surface area contributed by atoms with Crippen molar-refractivity contribution in [1.29, 1.82) is 0 Å². The third-order valence-electron chi connectivity index (χ3n) is 4.98. The summed E-state index contributed by atoms with van der Waals surface area (Å²) < 4.78 is 4.97. The predicted molar refractivity (Wildman–Crippen MR) is 103 cm³/mol. The van der Waals surface area contributed by atoms with Crippen molar-refractivity contribution in [3.63, 3.8) is 0 Å². The first kappa shape index (κ1) is 19.2. The molecule has 2 fully saturated rings. The quantitative estimate of drug-likeness (QED) is 0.773. The normalized spacial score (nSPS) is 17.6. The maximum atomic E-state index is 12.0. The van der Waals surface area contributed by atoms with Crippen molar-refractivity contribution in [1.82, 2.24) is 4.90 Å². The number of ether oxygens (including phenoxy) is 1. The molecule has 3 rings (SSSR count). The summed E-state index contributed by atoms with van der Waals surface area (Å²) in [7, 11) is 0. The molecule has 2 saturated heterocycles. The van der Waals surface area contributed by atoms with Gasteiger partial charge < -0.3 is 19.9 Å². The van der Waals surface area contributed by atoms with Gasteiger partial charge in [-0.2, -0.15) is 0 Å². The lowest BCUT2D eigenvalue weighted by Crippen LogP contribution is -2.33. The van der Waals surface area contributed by atoms with E-state index in [2.05, 4.69) is 10.2 Å². The summed E-state index contributed by atoms with van der Waals surface area (Å²) in [6.07, 6.45) is 6.24. The molecule has 0 aromatic heterocycles. The number of carbonyl (C=O) groups excluding carboxylic acids is 3. The Bertz CT molecular complexity index is 666. The van der Waals surface area contributed by atoms with Crippen LogP contribution in [0, 0.1) is 0 Å². The van der Waals surface area contributed by atoms with Crippen LogP contribution in [-0.4, -0.2) is 55.5 Å². The monoisotopic (exact) mass is 373 g/mol. The zero-order valence-corrected chi connectivity index (χ0v) is 15.6. The molecule has 2 aliphatic rings. The molecule has 0 spiro atoms. The maximum Gasteiger partial charge on any atom is 0.326 e. The summed E-state index contributed by atoms with van der Waals surface area (Å²) in [6, 6.07) is 7.74. The van der Waals surface area contributed by atoms with Gasteiger partial charge in [-0.15, -0.1) is 0 Å². The van der Waals surface area contributed by atoms with E-state index in [9.17, 15) is 14.4 Å². The number of nitrogens with zero attached hydrogens (tertiary/aromatic N) is 2. The highest BCUT2D eigenvalue weighted by Crippen LogP contribution is 2.21. The van der Waals surface area contributed by atoms with Gasteiger partial charge >= 0.3 is 5.97 Å². The molecule has 0 aliphatic carbocycles. The minimum atomic E-state index is -0.558. The van der Waals surface area contributed by atoms with Crippen LogP contribution in [0.4, 0.5) is 11.4 Å². The smallest absolute Gasteiger partial charge is 0.326 e. The first-order chi connectivity index (χ1) is 13.1. The molecule has 27 heavy (non-hydrogen) atoms. The van der Waals surface area contributed by atoms with E-state index in [1.807, 2.05) is 24.3 Å². The molecule has 1 aromatic carbocycles. The van der Waals surface area contributed by atoms with E-state index in [0.717, 1.165) is 25.2 Å². The van der Waals surface area contributed by atoms with Crippen LogP contribution in [0.5, 0.6) is 0 Å². The Balaban J connectivity index is 1.42. The number of hydrogen-bond acceptors (Lipinski definition) is 5. The van der Waals surface area contributed by atoms with Crippen molar-refractivity contribution < 1.29 is 19.1 Å². The van der Waals surface area contributed by atoms with Crippen LogP contribution in [-0.2, 0) is 19.1 Å². The molecule has 1 aromatic rings. The minimum absolute atomic E-state index is 0.0408. The highest BCUT2D eigenvalue weighted by Gasteiger charge is 2.23. The Morgan fingerprint density at radius 1 is 0.963 bits per heavy atom. The molecule has 0 bridgehead atoms. The number of benzene rings is 1. The predicted octanol–water partition coefficient (Wildman–Crippen LogP) is 2.17. The largest absolute Gasteiger partial charge is 0.454 e. The highest BCUT2D eigenvalue weighted by atomic mass is 16.5. The van der Waals surface area contributed by atoms with Crippen LogP contribution >= 0.6 is 0 Å². The molecule has 2 heterocycles. The summed E-state index contributed by atoms with van der Waals surface area (Å²) in [4.78, 5) is 39.0. The lowest BCUT2D eigenvalue weighted by molar-refractivity contribution is -0.150. The SMILES string of the molecule is O=C(COC(=O)CN1CCCC1=O)Nc1ccc(N2CCCCCC2)cc1. The molecule has 0 unspecified atom stereocenters.